The van der Waals surface area contributed by atoms with Gasteiger partial charge in [0.25, 0.3) is 5.91 Å². The number of carbonyl (C=O) groups is 5. The summed E-state index contributed by atoms with van der Waals surface area (Å²) in [6, 6.07) is 4.85. The molecule has 2 saturated heterocycles. The molecule has 6 aliphatic rings. The first-order valence-electron chi connectivity index (χ1n) is 16.0. The van der Waals surface area contributed by atoms with Crippen molar-refractivity contribution in [1.82, 2.24) is 20.4 Å². The number of nitrogens with one attached hydrogen (secondary N) is 2. The van der Waals surface area contributed by atoms with E-state index in [2.05, 4.69) is 22.5 Å². The number of likely N-dealkylation sites (tertiary alicyclic amines) is 1. The molecule has 5 fully saturated rings. The first-order valence-corrected chi connectivity index (χ1v) is 16.0. The number of ether oxygens (including phenoxy) is 1. The van der Waals surface area contributed by atoms with E-state index in [1.165, 1.54) is 0 Å². The Balaban J connectivity index is 1.04. The van der Waals surface area contributed by atoms with Gasteiger partial charge in [-0.15, -0.1) is 0 Å². The molecule has 1 aromatic rings. The molecule has 3 aliphatic heterocycles. The van der Waals surface area contributed by atoms with Crippen LogP contribution in [0.5, 0.6) is 0 Å². The van der Waals surface area contributed by atoms with Gasteiger partial charge in [0.1, 0.15) is 11.6 Å². The summed E-state index contributed by atoms with van der Waals surface area (Å²) in [6.07, 6.45) is 6.52. The molecule has 5 amide bonds. The Morgan fingerprint density at radius 2 is 1.68 bits per heavy atom. The number of carbonyl (C=O) groups excluding carboxylic acids is 5. The van der Waals surface area contributed by atoms with E-state index in [-0.39, 0.29) is 47.1 Å². The van der Waals surface area contributed by atoms with Crippen molar-refractivity contribution in [3.05, 3.63) is 34.9 Å². The average Bonchev–Trinajstić information content (AvgIpc) is 3.32. The summed E-state index contributed by atoms with van der Waals surface area (Å²) in [6.45, 7) is 7.23. The minimum absolute atomic E-state index is 0.152. The van der Waals surface area contributed by atoms with Gasteiger partial charge in [0.05, 0.1) is 0 Å². The van der Waals surface area contributed by atoms with Crippen LogP contribution in [0.4, 0.5) is 4.79 Å². The van der Waals surface area contributed by atoms with Gasteiger partial charge in [-0.25, -0.2) is 4.79 Å². The number of fused-ring (bicyclic) bond motifs is 4. The Kier molecular flexibility index (Phi) is 7.71. The number of imide groups is 1. The number of benzene rings is 1. The molecular weight excluding hydrogens is 560 g/mol. The predicted molar refractivity (Wildman–Crippen MR) is 161 cm³/mol. The quantitative estimate of drug-likeness (QED) is 0.402. The fourth-order valence-corrected chi connectivity index (χ4v) is 7.66. The van der Waals surface area contributed by atoms with Gasteiger partial charge < -0.3 is 19.9 Å². The number of alkyl carbamates (subject to hydrolysis) is 1. The van der Waals surface area contributed by atoms with E-state index >= 15 is 0 Å². The second-order valence-corrected chi connectivity index (χ2v) is 14.3. The van der Waals surface area contributed by atoms with Crippen molar-refractivity contribution < 1.29 is 28.7 Å². The lowest BCUT2D eigenvalue weighted by Gasteiger charge is -2.53. The van der Waals surface area contributed by atoms with Crippen LogP contribution >= 0.6 is 0 Å². The summed E-state index contributed by atoms with van der Waals surface area (Å²) in [4.78, 5) is 66.9. The predicted octanol–water partition coefficient (Wildman–Crippen LogP) is 3.66. The Labute approximate surface area is 258 Å². The van der Waals surface area contributed by atoms with E-state index in [1.54, 1.807) is 11.0 Å². The smallest absolute Gasteiger partial charge is 0.408 e. The van der Waals surface area contributed by atoms with Crippen molar-refractivity contribution in [3.8, 4) is 11.8 Å². The molecule has 10 heteroatoms. The van der Waals surface area contributed by atoms with E-state index < -0.39 is 17.6 Å². The maximum absolute atomic E-state index is 13.8. The lowest BCUT2D eigenvalue weighted by molar-refractivity contribution is -0.151. The molecule has 1 unspecified atom stereocenters. The van der Waals surface area contributed by atoms with Gasteiger partial charge >= 0.3 is 6.09 Å². The van der Waals surface area contributed by atoms with Crippen LogP contribution in [-0.2, 0) is 25.7 Å². The number of amides is 5. The van der Waals surface area contributed by atoms with Gasteiger partial charge in [-0.3, -0.25) is 24.5 Å². The van der Waals surface area contributed by atoms with Crippen molar-refractivity contribution in [3.63, 3.8) is 0 Å². The zero-order valence-corrected chi connectivity index (χ0v) is 25.9. The first kappa shape index (κ1) is 30.2. The topological polar surface area (TPSA) is 125 Å². The zero-order chi connectivity index (χ0) is 31.3. The lowest BCUT2D eigenvalue weighted by atomic mass is 9.56. The maximum atomic E-state index is 13.8. The number of hydrogen-bond donors (Lipinski definition) is 2. The van der Waals surface area contributed by atoms with Crippen molar-refractivity contribution in [2.75, 3.05) is 13.1 Å². The molecule has 0 aromatic heterocycles. The fourth-order valence-electron chi connectivity index (χ4n) is 7.66. The monoisotopic (exact) mass is 602 g/mol. The Morgan fingerprint density at radius 3 is 2.32 bits per heavy atom. The highest BCUT2D eigenvalue weighted by Gasteiger charge is 2.54. The Hall–Kier alpha value is -3.87. The van der Waals surface area contributed by atoms with Crippen LogP contribution in [0.1, 0.15) is 106 Å². The highest BCUT2D eigenvalue weighted by molar-refractivity contribution is 6.05. The van der Waals surface area contributed by atoms with Gasteiger partial charge in [-0.2, -0.15) is 0 Å². The Morgan fingerprint density at radius 1 is 1.00 bits per heavy atom. The summed E-state index contributed by atoms with van der Waals surface area (Å²) in [7, 11) is 0. The second kappa shape index (κ2) is 11.2. The van der Waals surface area contributed by atoms with Crippen LogP contribution in [-0.4, -0.2) is 69.8 Å². The molecule has 0 spiro atoms. The highest BCUT2D eigenvalue weighted by Crippen LogP contribution is 2.53. The van der Waals surface area contributed by atoms with E-state index in [4.69, 9.17) is 4.74 Å². The standard InChI is InChI=1S/C34H42N4O6/c1-32(2,3)44-31(43)36-34-16-13-33(14-17-34,15-18-34)30(42)37-19-11-22(12-20-37)7-8-23-5-4-6-24-25(23)21-38(29(24)41)26-9-10-27(39)35-28(26)40/h4-6,22,26H,9-21H2,1-3H3,(H,36,43)(H,35,39,40). The third-order valence-electron chi connectivity index (χ3n) is 10.2. The van der Waals surface area contributed by atoms with Crippen LogP contribution in [0.3, 0.4) is 0 Å². The molecule has 3 aliphatic carbocycles. The summed E-state index contributed by atoms with van der Waals surface area (Å²) in [5.74, 6) is 6.20. The number of nitrogens with zero attached hydrogens (tertiary/aromatic N) is 2. The summed E-state index contributed by atoms with van der Waals surface area (Å²) >= 11 is 0. The van der Waals surface area contributed by atoms with Crippen molar-refractivity contribution >= 4 is 29.7 Å². The zero-order valence-electron chi connectivity index (χ0n) is 25.9. The van der Waals surface area contributed by atoms with Crippen LogP contribution in [0, 0.1) is 23.2 Å². The molecule has 0 radical (unpaired) electrons. The SMILES string of the molecule is CC(C)(C)OC(=O)NC12CCC(C(=O)N3CCC(C#Cc4cccc5c4CN(C4CCC(=O)NC4=O)C5=O)CC3)(CC1)CC2. The highest BCUT2D eigenvalue weighted by atomic mass is 16.6. The van der Waals surface area contributed by atoms with Crippen molar-refractivity contribution in [2.45, 2.75) is 109 Å². The molecular formula is C34H42N4O6. The molecule has 3 heterocycles. The fraction of sp³-hybridized carbons (Fsp3) is 0.618. The molecule has 2 N–H and O–H groups in total. The third-order valence-corrected chi connectivity index (χ3v) is 10.2. The van der Waals surface area contributed by atoms with Gasteiger partial charge in [0.15, 0.2) is 0 Å². The van der Waals surface area contributed by atoms with Gasteiger partial charge in [-0.05, 0) is 96.3 Å². The van der Waals surface area contributed by atoms with E-state index in [0.29, 0.717) is 31.6 Å². The molecule has 1 atom stereocenters. The molecule has 234 valence electrons. The number of hydrogen-bond acceptors (Lipinski definition) is 6. The van der Waals surface area contributed by atoms with Crippen molar-refractivity contribution in [2.24, 2.45) is 11.3 Å². The summed E-state index contributed by atoms with van der Waals surface area (Å²) in [5, 5.41) is 5.48. The van der Waals surface area contributed by atoms with Crippen molar-refractivity contribution in [1.29, 1.82) is 0 Å². The third kappa shape index (κ3) is 5.81. The number of piperidine rings is 2. The maximum Gasteiger partial charge on any atom is 0.408 e. The molecule has 7 rings (SSSR count). The van der Waals surface area contributed by atoms with E-state index in [0.717, 1.165) is 62.5 Å². The Bertz CT molecular complexity index is 1430. The van der Waals surface area contributed by atoms with E-state index in [9.17, 15) is 24.0 Å². The minimum Gasteiger partial charge on any atom is -0.444 e. The van der Waals surface area contributed by atoms with Crippen LogP contribution in [0.15, 0.2) is 18.2 Å². The summed E-state index contributed by atoms with van der Waals surface area (Å²) in [5.41, 5.74) is 1.03. The van der Waals surface area contributed by atoms with Crippen LogP contribution in [0.25, 0.3) is 0 Å². The number of rotatable bonds is 3. The van der Waals surface area contributed by atoms with Crippen LogP contribution < -0.4 is 10.6 Å². The first-order chi connectivity index (χ1) is 20.9. The molecule has 2 bridgehead atoms. The normalized spacial score (nSPS) is 28.6. The van der Waals surface area contributed by atoms with Crippen LogP contribution in [0.2, 0.25) is 0 Å². The van der Waals surface area contributed by atoms with Gasteiger partial charge in [0.2, 0.25) is 17.7 Å². The van der Waals surface area contributed by atoms with Gasteiger partial charge in [0, 0.05) is 54.1 Å². The molecule has 3 saturated carbocycles. The molecule has 1 aromatic carbocycles. The molecule has 10 nitrogen and oxygen atoms in total. The van der Waals surface area contributed by atoms with Gasteiger partial charge in [-0.1, -0.05) is 17.9 Å². The minimum atomic E-state index is -0.652. The summed E-state index contributed by atoms with van der Waals surface area (Å²) < 4.78 is 5.50. The average molecular weight is 603 g/mol. The van der Waals surface area contributed by atoms with E-state index in [1.807, 2.05) is 37.8 Å². The molecule has 44 heavy (non-hydrogen) atoms. The lowest BCUT2D eigenvalue weighted by Crippen LogP contribution is -2.61. The largest absolute Gasteiger partial charge is 0.444 e. The second-order valence-electron chi connectivity index (χ2n) is 14.3.